The van der Waals surface area contributed by atoms with Crippen LogP contribution in [0.15, 0.2) is 0 Å². The van der Waals surface area contributed by atoms with Gasteiger partial charge in [0.25, 0.3) is 0 Å². The maximum Gasteiger partial charge on any atom is 0.132 e. The van der Waals surface area contributed by atoms with E-state index >= 15 is 0 Å². The average molecular weight is 1200 g/mol. The molecule has 0 radical (unpaired) electrons. The zero-order valence-corrected chi connectivity index (χ0v) is 62.4. The first-order chi connectivity index (χ1) is 41.3. The number of ketones is 1. The molecule has 0 unspecified atom stereocenters. The van der Waals surface area contributed by atoms with Gasteiger partial charge in [-0.2, -0.15) is 0 Å². The van der Waals surface area contributed by atoms with Gasteiger partial charge in [-0.15, -0.1) is 0 Å². The van der Waals surface area contributed by atoms with Gasteiger partial charge in [0.15, 0.2) is 0 Å². The predicted molar refractivity (Wildman–Crippen MR) is 384 cm³/mol. The number of ether oxygens (including phenoxy) is 4. The van der Waals surface area contributed by atoms with E-state index in [9.17, 15) is 4.79 Å². The second kappa shape index (κ2) is 119. The Labute approximate surface area is 529 Å². The Morgan fingerprint density at radius 2 is 0.434 bits per heavy atom. The van der Waals surface area contributed by atoms with Crippen molar-refractivity contribution in [3.63, 3.8) is 0 Å². The van der Waals surface area contributed by atoms with Gasteiger partial charge in [0.05, 0.1) is 13.2 Å². The lowest BCUT2D eigenvalue weighted by molar-refractivity contribution is -0.117. The molecule has 12 aliphatic rings. The first kappa shape index (κ1) is 104. The predicted octanol–water partition coefficient (Wildman–Crippen LogP) is 22.5. The van der Waals surface area contributed by atoms with Crippen LogP contribution in [0, 0.1) is 5.41 Å². The van der Waals surface area contributed by atoms with Gasteiger partial charge in [0.1, 0.15) is 5.78 Å². The van der Waals surface area contributed by atoms with Crippen molar-refractivity contribution in [3.05, 3.63) is 0 Å². The molecule has 9 nitrogen and oxygen atoms in total. The second-order valence-corrected chi connectivity index (χ2v) is 18.9. The molecule has 12 fully saturated rings. The summed E-state index contributed by atoms with van der Waals surface area (Å²) in [5.74, 6) is 0.454. The van der Waals surface area contributed by atoms with Gasteiger partial charge in [-0.1, -0.05) is 261 Å². The van der Waals surface area contributed by atoms with Crippen LogP contribution in [0.25, 0.3) is 0 Å². The molecule has 516 valence electrons. The van der Waals surface area contributed by atoms with E-state index in [4.69, 9.17) is 18.9 Å². The fourth-order valence-corrected chi connectivity index (χ4v) is 7.85. The van der Waals surface area contributed by atoms with E-state index in [2.05, 4.69) is 21.3 Å². The lowest BCUT2D eigenvalue weighted by atomic mass is 9.65. The molecular formula is C74H170N4O5. The van der Waals surface area contributed by atoms with E-state index in [0.717, 1.165) is 97.0 Å². The van der Waals surface area contributed by atoms with Gasteiger partial charge in [0.2, 0.25) is 0 Å². The SMILES string of the molecule is C1CC2(C1)CNC2.C1CCC1.C1CCCC1.C1CCCCC1.C1CCNCC1.C1CCOC1.C1CCOCC1.C1CCOCC1.C1CNC1.C1COCCN1.CC.CC.CC.CC.CC.CC.CC.CC.CC.CC.CC.O=C1CCCC1. The lowest BCUT2D eigenvalue weighted by Gasteiger charge is -2.49. The van der Waals surface area contributed by atoms with Crippen LogP contribution in [0.1, 0.15) is 371 Å². The minimum atomic E-state index is 0.454. The smallest absolute Gasteiger partial charge is 0.132 e. The Bertz CT molecular complexity index is 666. The molecular weight excluding hydrogens is 1020 g/mol. The molecule has 9 heteroatoms. The first-order valence-corrected chi connectivity index (χ1v) is 38.0. The van der Waals surface area contributed by atoms with Gasteiger partial charge in [-0.3, -0.25) is 4.79 Å². The molecule has 0 atom stereocenters. The minimum Gasteiger partial charge on any atom is -0.381 e. The topological polar surface area (TPSA) is 102 Å². The summed E-state index contributed by atoms with van der Waals surface area (Å²) in [5, 5.41) is 12.9. The summed E-state index contributed by atoms with van der Waals surface area (Å²) in [5.41, 5.74) is 0.833. The Balaban J connectivity index is -0.0000000856. The number of hydrogen-bond donors (Lipinski definition) is 4. The number of carbonyl (C=O) groups is 1. The van der Waals surface area contributed by atoms with Gasteiger partial charge in [0, 0.05) is 78.7 Å². The fraction of sp³-hybridized carbons (Fsp3) is 0.986. The van der Waals surface area contributed by atoms with Crippen LogP contribution >= 0.6 is 0 Å². The molecule has 1 spiro atoms. The molecule has 12 rings (SSSR count). The van der Waals surface area contributed by atoms with Crippen molar-refractivity contribution in [1.29, 1.82) is 0 Å². The highest BCUT2D eigenvalue weighted by molar-refractivity contribution is 5.80. The summed E-state index contributed by atoms with van der Waals surface area (Å²) in [6.07, 6.45) is 47.0. The van der Waals surface area contributed by atoms with Crippen molar-refractivity contribution in [1.82, 2.24) is 21.3 Å². The van der Waals surface area contributed by atoms with Crippen LogP contribution in [0.2, 0.25) is 0 Å². The quantitative estimate of drug-likeness (QED) is 0.189. The van der Waals surface area contributed by atoms with E-state index < -0.39 is 0 Å². The molecule has 7 heterocycles. The Hall–Kier alpha value is -0.650. The molecule has 7 aliphatic heterocycles. The van der Waals surface area contributed by atoms with Crippen molar-refractivity contribution >= 4 is 5.78 Å². The third-order valence-corrected chi connectivity index (χ3v) is 13.1. The first-order valence-electron chi connectivity index (χ1n) is 38.0. The number of nitrogens with one attached hydrogen (secondary N) is 4. The zero-order valence-electron chi connectivity index (χ0n) is 62.4. The molecule has 0 amide bonds. The fourth-order valence-electron chi connectivity index (χ4n) is 7.85. The van der Waals surface area contributed by atoms with Crippen molar-refractivity contribution in [2.45, 2.75) is 371 Å². The van der Waals surface area contributed by atoms with Crippen LogP contribution < -0.4 is 21.3 Å². The summed E-state index contributed by atoms with van der Waals surface area (Å²) >= 11 is 0. The highest BCUT2D eigenvalue weighted by Crippen LogP contribution is 2.43. The van der Waals surface area contributed by atoms with E-state index in [0.29, 0.717) is 5.78 Å². The van der Waals surface area contributed by atoms with Gasteiger partial charge in [-0.05, 0) is 128 Å². The summed E-state index contributed by atoms with van der Waals surface area (Å²) in [7, 11) is 0. The van der Waals surface area contributed by atoms with Crippen LogP contribution in [0.3, 0.4) is 0 Å². The number of rotatable bonds is 0. The highest BCUT2D eigenvalue weighted by Gasteiger charge is 2.41. The van der Waals surface area contributed by atoms with E-state index in [1.165, 1.54) is 232 Å². The summed E-state index contributed by atoms with van der Waals surface area (Å²) in [6, 6.07) is 0. The highest BCUT2D eigenvalue weighted by atomic mass is 16.5. The number of carbonyl (C=O) groups excluding carboxylic acids is 1. The summed E-state index contributed by atoms with van der Waals surface area (Å²) < 4.78 is 20.1. The average Bonchev–Trinajstić information content (AvgIpc) is 4.45. The number of hydrogen-bond acceptors (Lipinski definition) is 9. The molecule has 4 N–H and O–H groups in total. The number of Topliss-reactive ketones (excluding diaryl/α,β-unsaturated/α-hetero) is 1. The van der Waals surface area contributed by atoms with Crippen LogP contribution in [-0.4, -0.2) is 111 Å². The van der Waals surface area contributed by atoms with Crippen LogP contribution in [0.4, 0.5) is 0 Å². The minimum absolute atomic E-state index is 0.454. The third-order valence-electron chi connectivity index (χ3n) is 13.1. The molecule has 5 saturated carbocycles. The number of morpholine rings is 1. The lowest BCUT2D eigenvalue weighted by Crippen LogP contribution is -2.57. The Morgan fingerprint density at radius 3 is 0.506 bits per heavy atom. The largest absolute Gasteiger partial charge is 0.381 e. The van der Waals surface area contributed by atoms with Crippen molar-refractivity contribution in [3.8, 4) is 0 Å². The molecule has 0 bridgehead atoms. The standard InChI is InChI=1S/C6H11N.C6H12.C5H11N.2C5H10O.C5H8O.C5H10.C4H9NO.C4H8O.C4H8.C3H7N.11C2H6/c1-2-6(3-1)4-7-5-6;4*1-2-4-6-5-3-1;6-5-3-1-2-4-5;1-2-4-5-3-1;1-3-6-4-2-5-1;1-2-4-5-3-1;2*1-2-4-3-1;11*1-2/h7H,1-5H2;1-6H2;6H,1-5H2;2*1-5H2;1-4H2;1-5H2;5H,1-4H2;1-4H2;1-4H2;4H,1-3H2;11*1-2H3. The summed E-state index contributed by atoms with van der Waals surface area (Å²) in [6.45, 7) is 61.5. The van der Waals surface area contributed by atoms with Gasteiger partial charge in [-0.25, -0.2) is 0 Å². The van der Waals surface area contributed by atoms with Crippen LogP contribution in [-0.2, 0) is 23.7 Å². The summed E-state index contributed by atoms with van der Waals surface area (Å²) in [4.78, 5) is 10.2. The van der Waals surface area contributed by atoms with Crippen molar-refractivity contribution in [2.24, 2.45) is 5.41 Å². The zero-order chi connectivity index (χ0) is 65.1. The van der Waals surface area contributed by atoms with Crippen LogP contribution in [0.5, 0.6) is 0 Å². The van der Waals surface area contributed by atoms with E-state index in [1.54, 1.807) is 0 Å². The molecule has 7 saturated heterocycles. The van der Waals surface area contributed by atoms with E-state index in [1.807, 2.05) is 152 Å². The molecule has 0 aromatic heterocycles. The maximum atomic E-state index is 10.2. The number of piperidine rings is 1. The monoisotopic (exact) mass is 1200 g/mol. The van der Waals surface area contributed by atoms with E-state index in [-0.39, 0.29) is 0 Å². The van der Waals surface area contributed by atoms with Crippen molar-refractivity contribution < 1.29 is 23.7 Å². The molecule has 0 aromatic carbocycles. The van der Waals surface area contributed by atoms with Gasteiger partial charge < -0.3 is 40.2 Å². The molecule has 5 aliphatic carbocycles. The maximum absolute atomic E-state index is 10.2. The Morgan fingerprint density at radius 1 is 0.229 bits per heavy atom. The van der Waals surface area contributed by atoms with Gasteiger partial charge >= 0.3 is 0 Å². The third kappa shape index (κ3) is 103. The van der Waals surface area contributed by atoms with Crippen molar-refractivity contribution in [2.75, 3.05) is 105 Å². The molecule has 83 heavy (non-hydrogen) atoms. The molecule has 0 aromatic rings. The normalized spacial score (nSPS) is 19.2. The Kier molecular flexibility index (Phi) is 150. The second-order valence-electron chi connectivity index (χ2n) is 18.9.